The second-order valence-electron chi connectivity index (χ2n) is 17.8. The molecule has 1 aliphatic rings. The third-order valence-electron chi connectivity index (χ3n) is 11.6. The molecule has 0 bridgehead atoms. The number of benzene rings is 2. The normalized spacial score (nSPS) is 11.7. The van der Waals surface area contributed by atoms with Gasteiger partial charge >= 0.3 is 0 Å². The Kier molecular flexibility index (Phi) is 28.7. The van der Waals surface area contributed by atoms with Crippen molar-refractivity contribution in [3.05, 3.63) is 59.7 Å². The first kappa shape index (κ1) is 62.6. The average molecular weight is 1080 g/mol. The molecule has 0 aromatic heterocycles. The van der Waals surface area contributed by atoms with Crippen molar-refractivity contribution in [3.8, 4) is 0 Å². The van der Waals surface area contributed by atoms with E-state index in [1.165, 1.54) is 19.6 Å². The van der Waals surface area contributed by atoms with Crippen molar-refractivity contribution >= 4 is 82.7 Å². The number of nitrogens with one attached hydrogen (secondary N) is 2. The third-order valence-corrected chi connectivity index (χ3v) is 12.8. The number of guanidine groups is 4. The summed E-state index contributed by atoms with van der Waals surface area (Å²) in [5.41, 5.74) is 58.0. The topological polar surface area (TPSA) is 449 Å². The number of rotatable bonds is 36. The first-order valence-corrected chi connectivity index (χ1v) is 26.1. The monoisotopic (exact) mass is 1080 g/mol. The molecule has 0 unspecified atom stereocenters. The molecule has 6 amide bonds. The molecule has 26 nitrogen and oxygen atoms in total. The van der Waals surface area contributed by atoms with E-state index in [9.17, 15) is 24.0 Å². The lowest BCUT2D eigenvalue weighted by molar-refractivity contribution is -0.146. The maximum atomic E-state index is 15.1. The molecule has 0 saturated heterocycles. The molecule has 0 aliphatic carbocycles. The van der Waals surface area contributed by atoms with E-state index >= 15 is 4.79 Å². The van der Waals surface area contributed by atoms with Gasteiger partial charge in [-0.05, 0) is 92.9 Å². The maximum absolute atomic E-state index is 15.1. The van der Waals surface area contributed by atoms with Crippen molar-refractivity contribution in [2.24, 2.45) is 77.3 Å². The highest BCUT2D eigenvalue weighted by Gasteiger charge is 2.30. The molecule has 0 saturated carbocycles. The zero-order valence-electron chi connectivity index (χ0n) is 43.5. The fraction of sp³-hybridized carbons (Fsp3) is 0.510. The van der Waals surface area contributed by atoms with Gasteiger partial charge in [0.2, 0.25) is 35.4 Å². The number of aliphatic imine (C=N–C) groups is 4. The lowest BCUT2D eigenvalue weighted by atomic mass is 10.0. The SMILES string of the molecule is NCCCCCCNCC(=O)N(CCCN=C(N)N)CC(=O)N(CCCN=C(N)N)CC(=O)N(CC(=O)N(CCCN=C(N)N)CC(=O)N[C@H](CCCN=C(N)N)C(N)=O)CC1=Cc2ccccc2Sc2ccccc21. The number of carbonyl (C=O) groups is 6. The van der Waals surface area contributed by atoms with E-state index in [-0.39, 0.29) is 108 Å². The number of amides is 6. The van der Waals surface area contributed by atoms with E-state index in [1.807, 2.05) is 54.6 Å². The molecular formula is C49H80N20O6S. The van der Waals surface area contributed by atoms with Gasteiger partial charge in [-0.1, -0.05) is 61.0 Å². The Balaban J connectivity index is 2.06. The molecule has 3 rings (SSSR count). The molecule has 0 spiro atoms. The number of primary amides is 1. The quantitative estimate of drug-likeness (QED) is 0.0185. The van der Waals surface area contributed by atoms with Crippen molar-refractivity contribution < 1.29 is 28.8 Å². The lowest BCUT2D eigenvalue weighted by Gasteiger charge is -2.32. The van der Waals surface area contributed by atoms with E-state index in [0.29, 0.717) is 31.5 Å². The van der Waals surface area contributed by atoms with Crippen LogP contribution in [0.4, 0.5) is 0 Å². The lowest BCUT2D eigenvalue weighted by Crippen LogP contribution is -2.52. The Bertz CT molecular complexity index is 2360. The van der Waals surface area contributed by atoms with Crippen molar-refractivity contribution in [1.29, 1.82) is 0 Å². The molecule has 27 heteroatoms. The van der Waals surface area contributed by atoms with Crippen LogP contribution in [0.3, 0.4) is 0 Å². The van der Waals surface area contributed by atoms with Crippen LogP contribution in [0.2, 0.25) is 0 Å². The van der Waals surface area contributed by atoms with Crippen LogP contribution in [-0.4, -0.2) is 183 Å². The molecule has 1 aliphatic heterocycles. The molecule has 76 heavy (non-hydrogen) atoms. The van der Waals surface area contributed by atoms with Crippen molar-refractivity contribution in [1.82, 2.24) is 30.2 Å². The van der Waals surface area contributed by atoms with Gasteiger partial charge in [-0.3, -0.25) is 48.7 Å². The van der Waals surface area contributed by atoms with Crippen LogP contribution in [0.25, 0.3) is 11.6 Å². The minimum atomic E-state index is -1.12. The minimum absolute atomic E-state index is 0.0140. The second-order valence-corrected chi connectivity index (χ2v) is 18.9. The van der Waals surface area contributed by atoms with Crippen LogP contribution >= 0.6 is 11.8 Å². The standard InChI is InChI=1S/C49H80N20O6S/c50-18-7-1-2-8-19-60-28-41(71)67(25-11-22-63-48(56)57)31-42(72)68(26-12-23-64-49(58)59)32-44(74)69(29-35-27-34-13-3-5-16-38(34)76-39-17-6-4-14-36(35)39)33-43(73)66(24-10-21-62-47(54)55)30-40(70)65-37(45(51)75)15-9-20-61-46(52)53/h3-6,13-14,16-17,27,37,60H,1-2,7-12,15,18-26,28-33,50H2,(H2,51,75)(H,65,70)(H4,52,53,61)(H4,54,55,62)(H4,56,57,63)(H4,58,59,64)/t37-/m1/s1. The summed E-state index contributed by atoms with van der Waals surface area (Å²) in [6.07, 6.45) is 6.78. The summed E-state index contributed by atoms with van der Waals surface area (Å²) in [6.45, 7) is -0.378. The van der Waals surface area contributed by atoms with Crippen molar-refractivity contribution in [2.75, 3.05) is 98.2 Å². The van der Waals surface area contributed by atoms with Crippen molar-refractivity contribution in [3.63, 3.8) is 0 Å². The molecular weight excluding hydrogens is 997 g/mol. The fourth-order valence-corrected chi connectivity index (χ4v) is 8.88. The summed E-state index contributed by atoms with van der Waals surface area (Å²) in [6, 6.07) is 14.3. The van der Waals surface area contributed by atoms with Gasteiger partial charge in [0, 0.05) is 62.1 Å². The average Bonchev–Trinajstić information content (AvgIpc) is 3.52. The van der Waals surface area contributed by atoms with Gasteiger partial charge in [-0.25, -0.2) is 0 Å². The first-order valence-electron chi connectivity index (χ1n) is 25.3. The molecule has 418 valence electrons. The third kappa shape index (κ3) is 24.6. The van der Waals surface area contributed by atoms with Gasteiger partial charge in [0.25, 0.3) is 0 Å². The van der Waals surface area contributed by atoms with E-state index in [0.717, 1.165) is 46.6 Å². The Morgan fingerprint density at radius 2 is 1.00 bits per heavy atom. The van der Waals surface area contributed by atoms with Crippen LogP contribution in [-0.2, 0) is 28.8 Å². The van der Waals surface area contributed by atoms with E-state index < -0.39 is 61.8 Å². The zero-order valence-corrected chi connectivity index (χ0v) is 44.3. The van der Waals surface area contributed by atoms with Crippen LogP contribution in [0.15, 0.2) is 78.3 Å². The van der Waals surface area contributed by atoms with Gasteiger partial charge in [-0.2, -0.15) is 0 Å². The van der Waals surface area contributed by atoms with E-state index in [4.69, 9.17) is 57.3 Å². The Morgan fingerprint density at radius 1 is 0.526 bits per heavy atom. The van der Waals surface area contributed by atoms with Crippen molar-refractivity contribution in [2.45, 2.75) is 73.6 Å². The maximum Gasteiger partial charge on any atom is 0.242 e. The van der Waals surface area contributed by atoms with E-state index in [2.05, 4.69) is 30.6 Å². The number of fused-ring (bicyclic) bond motifs is 2. The van der Waals surface area contributed by atoms with Gasteiger partial charge in [0.15, 0.2) is 23.8 Å². The Labute approximate surface area is 449 Å². The van der Waals surface area contributed by atoms with Gasteiger partial charge in [0.05, 0.1) is 26.2 Å². The molecule has 0 radical (unpaired) electrons. The Hall–Kier alpha value is -7.65. The predicted molar refractivity (Wildman–Crippen MR) is 299 cm³/mol. The number of unbranched alkanes of at least 4 members (excludes halogenated alkanes) is 3. The van der Waals surface area contributed by atoms with Crippen LogP contribution < -0.4 is 68.0 Å². The zero-order chi connectivity index (χ0) is 55.8. The fourth-order valence-electron chi connectivity index (χ4n) is 7.80. The highest BCUT2D eigenvalue weighted by molar-refractivity contribution is 7.99. The number of carbonyl (C=O) groups excluding carboxylic acids is 6. The smallest absolute Gasteiger partial charge is 0.242 e. The number of nitrogens with two attached hydrogens (primary N) is 10. The summed E-state index contributed by atoms with van der Waals surface area (Å²) in [4.78, 5) is 107. The largest absolute Gasteiger partial charge is 0.370 e. The van der Waals surface area contributed by atoms with Crippen LogP contribution in [0, 0.1) is 0 Å². The highest BCUT2D eigenvalue weighted by atomic mass is 32.2. The Morgan fingerprint density at radius 3 is 1.55 bits per heavy atom. The summed E-state index contributed by atoms with van der Waals surface area (Å²) in [5.74, 6) is -4.31. The summed E-state index contributed by atoms with van der Waals surface area (Å²) in [5, 5.41) is 5.77. The van der Waals surface area contributed by atoms with Gasteiger partial charge in [0.1, 0.15) is 12.6 Å². The molecule has 0 fully saturated rings. The summed E-state index contributed by atoms with van der Waals surface area (Å²) < 4.78 is 0. The molecule has 2 aromatic rings. The number of nitrogens with zero attached hydrogens (tertiary/aromatic N) is 8. The minimum Gasteiger partial charge on any atom is -0.370 e. The molecule has 2 aromatic carbocycles. The van der Waals surface area contributed by atoms with Crippen LogP contribution in [0.5, 0.6) is 0 Å². The first-order chi connectivity index (χ1) is 36.4. The highest BCUT2D eigenvalue weighted by Crippen LogP contribution is 2.40. The molecule has 1 atom stereocenters. The van der Waals surface area contributed by atoms with Gasteiger partial charge in [-0.15, -0.1) is 0 Å². The predicted octanol–water partition coefficient (Wildman–Crippen LogP) is -2.87. The van der Waals surface area contributed by atoms with Crippen LogP contribution in [0.1, 0.15) is 68.9 Å². The summed E-state index contributed by atoms with van der Waals surface area (Å²) >= 11 is 1.55. The number of hydrogen-bond acceptors (Lipinski definition) is 13. The summed E-state index contributed by atoms with van der Waals surface area (Å²) in [7, 11) is 0. The van der Waals surface area contributed by atoms with Gasteiger partial charge < -0.3 is 87.6 Å². The van der Waals surface area contributed by atoms with E-state index in [1.54, 1.807) is 11.8 Å². The molecule has 1 heterocycles. The second kappa shape index (κ2) is 34.8. The molecule has 22 N–H and O–H groups in total. The number of hydrogen-bond donors (Lipinski definition) is 12.